The molecule has 1 aliphatic heterocycles. The third kappa shape index (κ3) is 4.27. The van der Waals surface area contributed by atoms with Gasteiger partial charge >= 0.3 is 0 Å². The van der Waals surface area contributed by atoms with E-state index in [0.29, 0.717) is 39.1 Å². The maximum absolute atomic E-state index is 12.8. The number of rotatable bonds is 5. The molecule has 5 rings (SSSR count). The zero-order valence-corrected chi connectivity index (χ0v) is 20.2. The zero-order chi connectivity index (χ0) is 23.9. The van der Waals surface area contributed by atoms with E-state index < -0.39 is 15.9 Å². The van der Waals surface area contributed by atoms with Gasteiger partial charge in [0.1, 0.15) is 0 Å². The van der Waals surface area contributed by atoms with Gasteiger partial charge in [0.2, 0.25) is 6.79 Å². The van der Waals surface area contributed by atoms with Crippen molar-refractivity contribution in [2.24, 2.45) is 4.99 Å². The second-order valence-corrected chi connectivity index (χ2v) is 10.5. The number of aryl methyl sites for hydroxylation is 1. The topological polar surface area (TPSA) is 99.0 Å². The van der Waals surface area contributed by atoms with Crippen LogP contribution in [-0.2, 0) is 16.6 Å². The lowest BCUT2D eigenvalue weighted by Gasteiger charge is -2.08. The van der Waals surface area contributed by atoms with E-state index in [1.165, 1.54) is 59.9 Å². The Hall–Kier alpha value is -3.34. The van der Waals surface area contributed by atoms with Crippen molar-refractivity contribution in [3.8, 4) is 11.5 Å². The fourth-order valence-corrected chi connectivity index (χ4v) is 5.80. The molecule has 8 nitrogen and oxygen atoms in total. The minimum atomic E-state index is -3.78. The van der Waals surface area contributed by atoms with Crippen molar-refractivity contribution >= 4 is 54.8 Å². The average Bonchev–Trinajstić information content (AvgIpc) is 3.40. The highest BCUT2D eigenvalue weighted by Crippen LogP contribution is 2.37. The smallest absolute Gasteiger partial charge is 0.279 e. The minimum absolute atomic E-state index is 0.0858. The van der Waals surface area contributed by atoms with E-state index in [-0.39, 0.29) is 11.7 Å². The van der Waals surface area contributed by atoms with Gasteiger partial charge in [0.05, 0.1) is 15.1 Å². The van der Waals surface area contributed by atoms with E-state index >= 15 is 0 Å². The summed E-state index contributed by atoms with van der Waals surface area (Å²) in [5, 5.41) is 0.444. The van der Waals surface area contributed by atoms with Crippen molar-refractivity contribution < 1.29 is 22.7 Å². The van der Waals surface area contributed by atoms with Gasteiger partial charge in [-0.05, 0) is 55.5 Å². The van der Waals surface area contributed by atoms with E-state index in [9.17, 15) is 13.2 Å². The van der Waals surface area contributed by atoms with Crippen molar-refractivity contribution in [1.82, 2.24) is 4.57 Å². The highest BCUT2D eigenvalue weighted by molar-refractivity contribution is 7.92. The standard InChI is InChI=1S/C23H18ClN3O5S2/c1-2-27-18-11-19-20(32-13-31-19)12-21(18)33-23(27)25-22(28)14-3-7-16(8-4-14)26-34(29,30)17-9-5-15(24)6-10-17/h3-12,26H,2,13H2,1H3. The Balaban J connectivity index is 1.40. The molecule has 0 bridgehead atoms. The van der Waals surface area contributed by atoms with Gasteiger partial charge in [-0.15, -0.1) is 0 Å². The van der Waals surface area contributed by atoms with Crippen LogP contribution in [0.25, 0.3) is 10.2 Å². The number of ether oxygens (including phenoxy) is 2. The molecule has 1 amide bonds. The lowest BCUT2D eigenvalue weighted by atomic mass is 10.2. The number of hydrogen-bond donors (Lipinski definition) is 1. The van der Waals surface area contributed by atoms with E-state index in [4.69, 9.17) is 21.1 Å². The SMILES string of the molecule is CCn1c(=NC(=O)c2ccc(NS(=O)(=O)c3ccc(Cl)cc3)cc2)sc2cc3c(cc21)OCO3. The van der Waals surface area contributed by atoms with E-state index in [0.717, 1.165) is 10.2 Å². The Kier molecular flexibility index (Phi) is 5.80. The number of benzene rings is 3. The molecule has 3 aromatic carbocycles. The molecule has 34 heavy (non-hydrogen) atoms. The van der Waals surface area contributed by atoms with Gasteiger partial charge in [0.15, 0.2) is 16.3 Å². The van der Waals surface area contributed by atoms with Crippen LogP contribution in [0, 0.1) is 0 Å². The Morgan fingerprint density at radius 2 is 1.76 bits per heavy atom. The van der Waals surface area contributed by atoms with Crippen LogP contribution in [0.5, 0.6) is 11.5 Å². The molecule has 2 heterocycles. The molecule has 11 heteroatoms. The van der Waals surface area contributed by atoms with Crippen LogP contribution in [-0.4, -0.2) is 25.7 Å². The quantitative estimate of drug-likeness (QED) is 0.417. The first-order chi connectivity index (χ1) is 16.3. The maximum atomic E-state index is 12.8. The van der Waals surface area contributed by atoms with Crippen molar-refractivity contribution in [1.29, 1.82) is 0 Å². The van der Waals surface area contributed by atoms with Crippen LogP contribution in [0.2, 0.25) is 5.02 Å². The average molecular weight is 516 g/mol. The second-order valence-electron chi connectivity index (χ2n) is 7.36. The van der Waals surface area contributed by atoms with Gasteiger partial charge in [-0.3, -0.25) is 9.52 Å². The second kappa shape index (κ2) is 8.79. The number of aromatic nitrogens is 1. The molecule has 0 saturated carbocycles. The summed E-state index contributed by atoms with van der Waals surface area (Å²) in [6.45, 7) is 2.79. The lowest BCUT2D eigenvalue weighted by Crippen LogP contribution is -2.16. The molecule has 0 fully saturated rings. The van der Waals surface area contributed by atoms with Gasteiger partial charge in [-0.25, -0.2) is 8.42 Å². The van der Waals surface area contributed by atoms with Crippen LogP contribution < -0.4 is 19.0 Å². The molecule has 1 N–H and O–H groups in total. The molecule has 1 aromatic heterocycles. The van der Waals surface area contributed by atoms with Crippen molar-refractivity contribution in [3.05, 3.63) is 76.1 Å². The van der Waals surface area contributed by atoms with Gasteiger partial charge in [-0.1, -0.05) is 22.9 Å². The number of carbonyl (C=O) groups excluding carboxylic acids is 1. The lowest BCUT2D eigenvalue weighted by molar-refractivity contribution is 0.0998. The first-order valence-electron chi connectivity index (χ1n) is 10.2. The predicted octanol–water partition coefficient (Wildman–Crippen LogP) is 4.65. The van der Waals surface area contributed by atoms with E-state index in [1.54, 1.807) is 0 Å². The molecule has 0 saturated heterocycles. The molecular weight excluding hydrogens is 498 g/mol. The third-order valence-corrected chi connectivity index (χ3v) is 7.89. The van der Waals surface area contributed by atoms with Gasteiger partial charge < -0.3 is 14.0 Å². The number of anilines is 1. The number of sulfonamides is 1. The summed E-state index contributed by atoms with van der Waals surface area (Å²) in [5.74, 6) is 0.912. The number of thiazole rings is 1. The normalized spacial score (nSPS) is 13.4. The Morgan fingerprint density at radius 3 is 2.44 bits per heavy atom. The van der Waals surface area contributed by atoms with Crippen molar-refractivity contribution in [2.75, 3.05) is 11.5 Å². The fraction of sp³-hybridized carbons (Fsp3) is 0.130. The van der Waals surface area contributed by atoms with Gasteiger partial charge in [0, 0.05) is 35.0 Å². The summed E-state index contributed by atoms with van der Waals surface area (Å²) in [7, 11) is -3.78. The molecule has 4 aromatic rings. The molecular formula is C23H18ClN3O5S2. The van der Waals surface area contributed by atoms with Gasteiger partial charge in [0.25, 0.3) is 15.9 Å². The number of hydrogen-bond acceptors (Lipinski definition) is 6. The fourth-order valence-electron chi connectivity index (χ4n) is 3.51. The summed E-state index contributed by atoms with van der Waals surface area (Å²) in [5.41, 5.74) is 1.57. The number of amides is 1. The predicted molar refractivity (Wildman–Crippen MR) is 130 cm³/mol. The summed E-state index contributed by atoms with van der Waals surface area (Å²) in [6.07, 6.45) is 0. The van der Waals surface area contributed by atoms with Crippen LogP contribution in [0.3, 0.4) is 0 Å². The maximum Gasteiger partial charge on any atom is 0.279 e. The highest BCUT2D eigenvalue weighted by Gasteiger charge is 2.18. The van der Waals surface area contributed by atoms with Crippen LogP contribution >= 0.6 is 22.9 Å². The largest absolute Gasteiger partial charge is 0.454 e. The third-order valence-electron chi connectivity index (χ3n) is 5.20. The van der Waals surface area contributed by atoms with E-state index in [2.05, 4.69) is 9.71 Å². The van der Waals surface area contributed by atoms with Gasteiger partial charge in [-0.2, -0.15) is 4.99 Å². The molecule has 1 aliphatic rings. The first kappa shape index (κ1) is 22.5. The molecule has 0 unspecified atom stereocenters. The zero-order valence-electron chi connectivity index (χ0n) is 17.8. The Morgan fingerprint density at radius 1 is 1.09 bits per heavy atom. The Labute approximate surface area is 204 Å². The summed E-state index contributed by atoms with van der Waals surface area (Å²) in [4.78, 5) is 17.8. The van der Waals surface area contributed by atoms with Crippen LogP contribution in [0.15, 0.2) is 70.6 Å². The number of halogens is 1. The van der Waals surface area contributed by atoms with Crippen LogP contribution in [0.1, 0.15) is 17.3 Å². The number of nitrogens with one attached hydrogen (secondary N) is 1. The Bertz CT molecular complexity index is 1570. The molecule has 0 atom stereocenters. The molecule has 0 spiro atoms. The van der Waals surface area contributed by atoms with E-state index in [1.807, 2.05) is 23.6 Å². The molecule has 174 valence electrons. The molecule has 0 aliphatic carbocycles. The first-order valence-corrected chi connectivity index (χ1v) is 12.9. The number of fused-ring (bicyclic) bond motifs is 2. The number of carbonyl (C=O) groups is 1. The van der Waals surface area contributed by atoms with Crippen molar-refractivity contribution in [2.45, 2.75) is 18.4 Å². The highest BCUT2D eigenvalue weighted by atomic mass is 35.5. The minimum Gasteiger partial charge on any atom is -0.454 e. The molecule has 0 radical (unpaired) electrons. The summed E-state index contributed by atoms with van der Waals surface area (Å²) in [6, 6.07) is 15.7. The van der Waals surface area contributed by atoms with Crippen molar-refractivity contribution in [3.63, 3.8) is 0 Å². The summed E-state index contributed by atoms with van der Waals surface area (Å²) < 4.78 is 41.4. The van der Waals surface area contributed by atoms with Crippen LogP contribution in [0.4, 0.5) is 5.69 Å². The monoisotopic (exact) mass is 515 g/mol. The number of nitrogens with zero attached hydrogens (tertiary/aromatic N) is 2. The summed E-state index contributed by atoms with van der Waals surface area (Å²) >= 11 is 7.21.